The molecule has 0 spiro atoms. The van der Waals surface area contributed by atoms with Crippen LogP contribution in [0.3, 0.4) is 0 Å². The molecule has 0 N–H and O–H groups in total. The van der Waals surface area contributed by atoms with Gasteiger partial charge in [-0.05, 0) is 32.3 Å². The van der Waals surface area contributed by atoms with E-state index in [2.05, 4.69) is 50.0 Å². The molecule has 0 aliphatic rings. The van der Waals surface area contributed by atoms with Crippen molar-refractivity contribution in [1.29, 1.82) is 0 Å². The Morgan fingerprint density at radius 2 is 1.62 bits per heavy atom. The maximum atomic E-state index is 3.78. The van der Waals surface area contributed by atoms with Crippen LogP contribution in [0.5, 0.6) is 0 Å². The number of hydrogen-bond acceptors (Lipinski definition) is 1. The fourth-order valence-corrected chi connectivity index (χ4v) is 1.12. The van der Waals surface area contributed by atoms with Gasteiger partial charge < -0.3 is 0 Å². The van der Waals surface area contributed by atoms with Crippen molar-refractivity contribution in [2.24, 2.45) is 4.99 Å². The van der Waals surface area contributed by atoms with E-state index >= 15 is 0 Å². The molecule has 0 heterocycles. The molecule has 0 unspecified atom stereocenters. The largest absolute Gasteiger partial charge is 0.270 e. The molecule has 0 radical (unpaired) electrons. The Bertz CT molecular complexity index is 308. The molecule has 1 aromatic rings. The highest BCUT2D eigenvalue weighted by atomic mass is 14.6. The summed E-state index contributed by atoms with van der Waals surface area (Å²) in [6.07, 6.45) is 5.39. The van der Waals surface area contributed by atoms with Gasteiger partial charge in [0.1, 0.15) is 0 Å². The maximum Gasteiger partial charge on any atom is 0.0221 e. The zero-order valence-electron chi connectivity index (χ0n) is 11.1. The average molecular weight is 217 g/mol. The summed E-state index contributed by atoms with van der Waals surface area (Å²) in [5.74, 6) is 0.653. The molecule has 0 aliphatic carbocycles. The van der Waals surface area contributed by atoms with Crippen LogP contribution in [0.25, 0.3) is 0 Å². The number of allylic oxidation sites excluding steroid dienone is 1. The molecule has 0 aromatic heterocycles. The lowest BCUT2D eigenvalue weighted by Gasteiger charge is -2.03. The summed E-state index contributed by atoms with van der Waals surface area (Å²) in [5, 5.41) is 0. The van der Waals surface area contributed by atoms with E-state index in [1.54, 1.807) is 12.4 Å². The minimum Gasteiger partial charge on any atom is -0.270 e. The number of aryl methyl sites for hydroxylation is 1. The first-order valence-electron chi connectivity index (χ1n) is 5.77. The van der Waals surface area contributed by atoms with E-state index in [4.69, 9.17) is 0 Å². The first kappa shape index (κ1) is 14.6. The summed E-state index contributed by atoms with van der Waals surface area (Å²) in [6.45, 7) is 10.4. The lowest BCUT2D eigenvalue weighted by atomic mass is 10.0. The zero-order chi connectivity index (χ0) is 12.4. The van der Waals surface area contributed by atoms with Gasteiger partial charge in [-0.3, -0.25) is 4.99 Å². The van der Waals surface area contributed by atoms with Crippen LogP contribution in [-0.2, 0) is 0 Å². The molecule has 0 aliphatic heterocycles. The van der Waals surface area contributed by atoms with E-state index in [-0.39, 0.29) is 0 Å². The SMILES string of the molecule is CC=N/C=C\C.Cc1ccc(C(C)C)cc1. The van der Waals surface area contributed by atoms with E-state index in [0.29, 0.717) is 5.92 Å². The number of hydrogen-bond donors (Lipinski definition) is 0. The van der Waals surface area contributed by atoms with Crippen LogP contribution in [0.15, 0.2) is 41.5 Å². The second-order valence-corrected chi connectivity index (χ2v) is 3.96. The monoisotopic (exact) mass is 217 g/mol. The van der Waals surface area contributed by atoms with Gasteiger partial charge >= 0.3 is 0 Å². The Morgan fingerprint density at radius 1 is 1.06 bits per heavy atom. The lowest BCUT2D eigenvalue weighted by Crippen LogP contribution is -1.85. The van der Waals surface area contributed by atoms with Gasteiger partial charge in [0.05, 0.1) is 0 Å². The molecule has 1 nitrogen and oxygen atoms in total. The second-order valence-electron chi connectivity index (χ2n) is 3.96. The first-order valence-corrected chi connectivity index (χ1v) is 5.77. The normalized spacial score (nSPS) is 10.9. The van der Waals surface area contributed by atoms with E-state index in [0.717, 1.165) is 0 Å². The first-order chi connectivity index (χ1) is 7.61. The van der Waals surface area contributed by atoms with Crippen molar-refractivity contribution in [2.45, 2.75) is 40.5 Å². The molecule has 1 rings (SSSR count). The third-order valence-electron chi connectivity index (χ3n) is 2.13. The van der Waals surface area contributed by atoms with Crippen molar-refractivity contribution in [3.63, 3.8) is 0 Å². The summed E-state index contributed by atoms with van der Waals surface area (Å²) in [7, 11) is 0. The third kappa shape index (κ3) is 6.99. The molecular formula is C15H23N. The predicted molar refractivity (Wildman–Crippen MR) is 74.2 cm³/mol. The Balaban J connectivity index is 0.000000325. The van der Waals surface area contributed by atoms with Crippen LogP contribution in [0.1, 0.15) is 44.7 Å². The van der Waals surface area contributed by atoms with Crippen LogP contribution in [-0.4, -0.2) is 6.21 Å². The van der Waals surface area contributed by atoms with Crippen molar-refractivity contribution in [3.8, 4) is 0 Å². The van der Waals surface area contributed by atoms with Gasteiger partial charge in [-0.25, -0.2) is 0 Å². The molecular weight excluding hydrogens is 194 g/mol. The molecule has 16 heavy (non-hydrogen) atoms. The summed E-state index contributed by atoms with van der Waals surface area (Å²) >= 11 is 0. The second kappa shape index (κ2) is 8.90. The molecule has 1 aromatic carbocycles. The highest BCUT2D eigenvalue weighted by Gasteiger charge is 1.95. The van der Waals surface area contributed by atoms with Crippen LogP contribution in [0.4, 0.5) is 0 Å². The van der Waals surface area contributed by atoms with Crippen LogP contribution in [0, 0.1) is 6.92 Å². The topological polar surface area (TPSA) is 12.4 Å². The van der Waals surface area contributed by atoms with Crippen LogP contribution in [0.2, 0.25) is 0 Å². The van der Waals surface area contributed by atoms with Crippen LogP contribution < -0.4 is 0 Å². The quantitative estimate of drug-likeness (QED) is 0.635. The summed E-state index contributed by atoms with van der Waals surface area (Å²) in [5.41, 5.74) is 2.76. The van der Waals surface area contributed by atoms with Gasteiger partial charge in [-0.1, -0.05) is 49.8 Å². The summed E-state index contributed by atoms with van der Waals surface area (Å²) in [6, 6.07) is 8.71. The average Bonchev–Trinajstić information content (AvgIpc) is 2.28. The highest BCUT2D eigenvalue weighted by molar-refractivity contribution is 5.54. The lowest BCUT2D eigenvalue weighted by molar-refractivity contribution is 0.866. The number of aliphatic imine (C=N–C) groups is 1. The minimum absolute atomic E-state index is 0.653. The number of rotatable bonds is 2. The Kier molecular flexibility index (Phi) is 8.14. The van der Waals surface area contributed by atoms with E-state index in [1.807, 2.05) is 19.9 Å². The molecule has 0 saturated carbocycles. The molecule has 0 atom stereocenters. The van der Waals surface area contributed by atoms with Gasteiger partial charge in [-0.2, -0.15) is 0 Å². The summed E-state index contributed by atoms with van der Waals surface area (Å²) in [4.78, 5) is 3.78. The van der Waals surface area contributed by atoms with Gasteiger partial charge in [0.15, 0.2) is 0 Å². The Morgan fingerprint density at radius 3 is 1.94 bits per heavy atom. The smallest absolute Gasteiger partial charge is 0.0221 e. The summed E-state index contributed by atoms with van der Waals surface area (Å²) < 4.78 is 0. The fourth-order valence-electron chi connectivity index (χ4n) is 1.12. The van der Waals surface area contributed by atoms with Crippen molar-refractivity contribution in [2.75, 3.05) is 0 Å². The van der Waals surface area contributed by atoms with Gasteiger partial charge in [0, 0.05) is 12.4 Å². The predicted octanol–water partition coefficient (Wildman–Crippen LogP) is 4.73. The molecule has 1 heteroatoms. The van der Waals surface area contributed by atoms with Crippen LogP contribution >= 0.6 is 0 Å². The maximum absolute atomic E-state index is 3.78. The standard InChI is InChI=1S/C10H14.C5H9N/c1-8(2)10-6-4-9(3)5-7-10;1-3-5-6-4-2/h4-8H,1-3H3;3-5H,1-2H3/b;5-3-,6-4?. The van der Waals surface area contributed by atoms with Crippen molar-refractivity contribution in [1.82, 2.24) is 0 Å². The van der Waals surface area contributed by atoms with E-state index in [1.165, 1.54) is 11.1 Å². The highest BCUT2D eigenvalue weighted by Crippen LogP contribution is 2.13. The Hall–Kier alpha value is -1.37. The van der Waals surface area contributed by atoms with Crippen molar-refractivity contribution in [3.05, 3.63) is 47.7 Å². The van der Waals surface area contributed by atoms with E-state index < -0.39 is 0 Å². The molecule has 0 fully saturated rings. The third-order valence-corrected chi connectivity index (χ3v) is 2.13. The molecule has 0 amide bonds. The fraction of sp³-hybridized carbons (Fsp3) is 0.400. The minimum atomic E-state index is 0.653. The van der Waals surface area contributed by atoms with Crippen molar-refractivity contribution >= 4 is 6.21 Å². The molecule has 0 saturated heterocycles. The zero-order valence-corrected chi connectivity index (χ0v) is 11.1. The molecule has 88 valence electrons. The number of benzene rings is 1. The Labute approximate surface area is 99.9 Å². The van der Waals surface area contributed by atoms with Gasteiger partial charge in [0.25, 0.3) is 0 Å². The van der Waals surface area contributed by atoms with E-state index in [9.17, 15) is 0 Å². The van der Waals surface area contributed by atoms with Gasteiger partial charge in [0.2, 0.25) is 0 Å². The molecule has 0 bridgehead atoms. The number of nitrogens with zero attached hydrogens (tertiary/aromatic N) is 1. The van der Waals surface area contributed by atoms with Gasteiger partial charge in [-0.15, -0.1) is 0 Å². The van der Waals surface area contributed by atoms with Crippen molar-refractivity contribution < 1.29 is 0 Å².